The number of hydrogen-bond donors (Lipinski definition) is 2. The molecule has 0 amide bonds. The Morgan fingerprint density at radius 2 is 2.33 bits per heavy atom. The van der Waals surface area contributed by atoms with Crippen LogP contribution in [0.3, 0.4) is 0 Å². The van der Waals surface area contributed by atoms with Gasteiger partial charge in [0.15, 0.2) is 0 Å². The molecule has 3 N–H and O–H groups in total. The van der Waals surface area contributed by atoms with Crippen molar-refractivity contribution in [2.24, 2.45) is 0 Å². The lowest BCUT2D eigenvalue weighted by Gasteiger charge is -2.03. The minimum Gasteiger partial charge on any atom is -0.382 e. The van der Waals surface area contributed by atoms with Gasteiger partial charge in [-0.15, -0.1) is 11.3 Å². The molecule has 6 heteroatoms. The van der Waals surface area contributed by atoms with Crippen LogP contribution < -0.4 is 11.1 Å². The molecule has 0 saturated heterocycles. The predicted molar refractivity (Wildman–Crippen MR) is 60.6 cm³/mol. The minimum absolute atomic E-state index is 0.418. The number of anilines is 2. The van der Waals surface area contributed by atoms with E-state index in [4.69, 9.17) is 5.73 Å². The maximum absolute atomic E-state index is 5.51. The van der Waals surface area contributed by atoms with Crippen molar-refractivity contribution in [2.75, 3.05) is 11.1 Å². The Kier molecular flexibility index (Phi) is 2.77. The van der Waals surface area contributed by atoms with Gasteiger partial charge in [0.2, 0.25) is 0 Å². The molecule has 0 spiro atoms. The maximum atomic E-state index is 5.51. The summed E-state index contributed by atoms with van der Waals surface area (Å²) in [6.45, 7) is 2.69. The summed E-state index contributed by atoms with van der Waals surface area (Å²) in [6.07, 6.45) is 3.16. The zero-order valence-electron chi connectivity index (χ0n) is 8.27. The van der Waals surface area contributed by atoms with Crippen LogP contribution >= 0.6 is 11.3 Å². The second kappa shape index (κ2) is 4.22. The Labute approximate surface area is 91.4 Å². The first-order valence-corrected chi connectivity index (χ1v) is 5.34. The lowest BCUT2D eigenvalue weighted by molar-refractivity contribution is 1.08. The number of nitrogens with one attached hydrogen (secondary N) is 1. The fourth-order valence-electron chi connectivity index (χ4n) is 1.13. The van der Waals surface area contributed by atoms with Crippen molar-refractivity contribution in [3.05, 3.63) is 28.5 Å². The summed E-state index contributed by atoms with van der Waals surface area (Å²) in [6, 6.07) is 0. The maximum Gasteiger partial charge on any atom is 0.147 e. The zero-order chi connectivity index (χ0) is 10.7. The highest BCUT2D eigenvalue weighted by molar-refractivity contribution is 7.09. The number of hydrogen-bond acceptors (Lipinski definition) is 6. The van der Waals surface area contributed by atoms with E-state index in [2.05, 4.69) is 20.3 Å². The van der Waals surface area contributed by atoms with E-state index in [1.165, 1.54) is 11.1 Å². The Bertz CT molecular complexity index is 453. The summed E-state index contributed by atoms with van der Waals surface area (Å²) in [5.41, 5.74) is 8.39. The van der Waals surface area contributed by atoms with Gasteiger partial charge in [-0.1, -0.05) is 0 Å². The summed E-state index contributed by atoms with van der Waals surface area (Å²) < 4.78 is 0. The Hall–Kier alpha value is -1.69. The van der Waals surface area contributed by atoms with E-state index in [9.17, 15) is 0 Å². The predicted octanol–water partition coefficient (Wildman–Crippen LogP) is 1.44. The van der Waals surface area contributed by atoms with Gasteiger partial charge in [-0.05, 0) is 6.92 Å². The zero-order valence-corrected chi connectivity index (χ0v) is 9.08. The molecule has 2 aromatic rings. The highest BCUT2D eigenvalue weighted by Crippen LogP contribution is 2.13. The monoisotopic (exact) mass is 221 g/mol. The number of nitrogens with zero attached hydrogens (tertiary/aromatic N) is 3. The average Bonchev–Trinajstić information content (AvgIpc) is 2.61. The molecule has 5 nitrogen and oxygen atoms in total. The molecule has 0 radical (unpaired) electrons. The summed E-state index contributed by atoms with van der Waals surface area (Å²) in [5, 5.41) is 3.15. The lowest BCUT2D eigenvalue weighted by Crippen LogP contribution is -2.03. The number of rotatable bonds is 3. The third-order valence-electron chi connectivity index (χ3n) is 1.93. The highest BCUT2D eigenvalue weighted by atomic mass is 32.1. The lowest BCUT2D eigenvalue weighted by atomic mass is 10.4. The number of aromatic nitrogens is 3. The van der Waals surface area contributed by atoms with Crippen LogP contribution in [0.1, 0.15) is 10.6 Å². The largest absolute Gasteiger partial charge is 0.382 e. The molecule has 0 unspecified atom stereocenters. The van der Waals surface area contributed by atoms with Gasteiger partial charge >= 0.3 is 0 Å². The van der Waals surface area contributed by atoms with Crippen molar-refractivity contribution in [1.29, 1.82) is 0 Å². The van der Waals surface area contributed by atoms with Crippen molar-refractivity contribution in [3.8, 4) is 0 Å². The smallest absolute Gasteiger partial charge is 0.147 e. The van der Waals surface area contributed by atoms with Gasteiger partial charge in [0.1, 0.15) is 11.6 Å². The molecule has 0 bridgehead atoms. The summed E-state index contributed by atoms with van der Waals surface area (Å²) >= 11 is 1.62. The van der Waals surface area contributed by atoms with Gasteiger partial charge in [-0.3, -0.25) is 4.98 Å². The standard InChI is InChI=1S/C9H11N5S/c1-6-7(15-5-13-6)2-12-9-4-11-3-8(10)14-9/h3-5H,2H2,1H3,(H3,10,12,14). The molecule has 0 aromatic carbocycles. The Morgan fingerprint density at radius 1 is 1.47 bits per heavy atom. The topological polar surface area (TPSA) is 76.7 Å². The molecule has 0 aliphatic heterocycles. The third kappa shape index (κ3) is 2.41. The normalized spacial score (nSPS) is 10.2. The molecular weight excluding hydrogens is 210 g/mol. The molecule has 2 heterocycles. The second-order valence-electron chi connectivity index (χ2n) is 3.04. The van der Waals surface area contributed by atoms with Gasteiger partial charge in [-0.25, -0.2) is 9.97 Å². The molecule has 15 heavy (non-hydrogen) atoms. The first-order valence-electron chi connectivity index (χ1n) is 4.46. The van der Waals surface area contributed by atoms with Crippen LogP contribution in [0.4, 0.5) is 11.6 Å². The van der Waals surface area contributed by atoms with E-state index in [1.54, 1.807) is 17.5 Å². The quantitative estimate of drug-likeness (QED) is 0.820. The van der Waals surface area contributed by atoms with Crippen LogP contribution in [0.2, 0.25) is 0 Å². The molecule has 0 aliphatic rings. The average molecular weight is 221 g/mol. The van der Waals surface area contributed by atoms with Crippen molar-refractivity contribution in [1.82, 2.24) is 15.0 Å². The van der Waals surface area contributed by atoms with E-state index in [1.807, 2.05) is 12.4 Å². The van der Waals surface area contributed by atoms with E-state index >= 15 is 0 Å². The van der Waals surface area contributed by atoms with E-state index in [-0.39, 0.29) is 0 Å². The Morgan fingerprint density at radius 3 is 3.00 bits per heavy atom. The molecule has 78 valence electrons. The fourth-order valence-corrected chi connectivity index (χ4v) is 1.85. The Balaban J connectivity index is 2.02. The van der Waals surface area contributed by atoms with Crippen molar-refractivity contribution >= 4 is 23.0 Å². The van der Waals surface area contributed by atoms with Gasteiger partial charge < -0.3 is 11.1 Å². The van der Waals surface area contributed by atoms with Gasteiger partial charge in [0.05, 0.1) is 30.1 Å². The van der Waals surface area contributed by atoms with E-state index < -0.39 is 0 Å². The van der Waals surface area contributed by atoms with E-state index in [0.29, 0.717) is 18.2 Å². The van der Waals surface area contributed by atoms with Crippen LogP contribution in [-0.2, 0) is 6.54 Å². The first kappa shape index (κ1) is 9.85. The van der Waals surface area contributed by atoms with Crippen molar-refractivity contribution in [2.45, 2.75) is 13.5 Å². The minimum atomic E-state index is 0.418. The number of thiazole rings is 1. The van der Waals surface area contributed by atoms with Crippen LogP contribution in [0, 0.1) is 6.92 Å². The fraction of sp³-hybridized carbons (Fsp3) is 0.222. The van der Waals surface area contributed by atoms with Crippen molar-refractivity contribution in [3.63, 3.8) is 0 Å². The second-order valence-corrected chi connectivity index (χ2v) is 3.98. The molecule has 0 fully saturated rings. The molecule has 0 aliphatic carbocycles. The molecule has 2 rings (SSSR count). The van der Waals surface area contributed by atoms with Crippen LogP contribution in [0.5, 0.6) is 0 Å². The molecule has 0 atom stereocenters. The summed E-state index contributed by atoms with van der Waals surface area (Å²) in [5.74, 6) is 1.10. The molecular formula is C9H11N5S. The van der Waals surface area contributed by atoms with Crippen LogP contribution in [0.15, 0.2) is 17.9 Å². The van der Waals surface area contributed by atoms with Gasteiger partial charge in [0.25, 0.3) is 0 Å². The third-order valence-corrected chi connectivity index (χ3v) is 2.86. The SMILES string of the molecule is Cc1ncsc1CNc1cncc(N)n1. The van der Waals surface area contributed by atoms with Crippen LogP contribution in [0.25, 0.3) is 0 Å². The van der Waals surface area contributed by atoms with Crippen LogP contribution in [-0.4, -0.2) is 15.0 Å². The van der Waals surface area contributed by atoms with Crippen molar-refractivity contribution < 1.29 is 0 Å². The number of nitrogens with two attached hydrogens (primary N) is 1. The van der Waals surface area contributed by atoms with Gasteiger partial charge in [0, 0.05) is 4.88 Å². The number of nitrogen functional groups attached to an aromatic ring is 1. The molecule has 2 aromatic heterocycles. The summed E-state index contributed by atoms with van der Waals surface area (Å²) in [4.78, 5) is 13.4. The molecule has 0 saturated carbocycles. The number of aryl methyl sites for hydroxylation is 1. The summed E-state index contributed by atoms with van der Waals surface area (Å²) in [7, 11) is 0. The highest BCUT2D eigenvalue weighted by Gasteiger charge is 2.01. The van der Waals surface area contributed by atoms with E-state index in [0.717, 1.165) is 5.69 Å². The first-order chi connectivity index (χ1) is 7.25. The van der Waals surface area contributed by atoms with Gasteiger partial charge in [-0.2, -0.15) is 0 Å².